The maximum Gasteiger partial charge on any atom is 0.267 e. The molecule has 0 saturated heterocycles. The van der Waals surface area contributed by atoms with E-state index in [0.29, 0.717) is 28.8 Å². The molecule has 6 nitrogen and oxygen atoms in total. The largest absolute Gasteiger partial charge is 0.280 e. The van der Waals surface area contributed by atoms with E-state index in [-0.39, 0.29) is 16.1 Å². The third-order valence-electron chi connectivity index (χ3n) is 5.47. The highest BCUT2D eigenvalue weighted by Gasteiger charge is 2.22. The smallest absolute Gasteiger partial charge is 0.267 e. The third kappa shape index (κ3) is 3.75. The highest BCUT2D eigenvalue weighted by Crippen LogP contribution is 2.30. The van der Waals surface area contributed by atoms with Gasteiger partial charge in [-0.25, -0.2) is 17.9 Å². The van der Waals surface area contributed by atoms with E-state index < -0.39 is 15.8 Å². The number of nitrogens with one attached hydrogen (secondary N) is 2. The highest BCUT2D eigenvalue weighted by atomic mass is 32.2. The van der Waals surface area contributed by atoms with Crippen molar-refractivity contribution in [1.29, 1.82) is 0 Å². The van der Waals surface area contributed by atoms with E-state index in [4.69, 9.17) is 0 Å². The van der Waals surface area contributed by atoms with Gasteiger partial charge in [0.05, 0.1) is 16.3 Å². The summed E-state index contributed by atoms with van der Waals surface area (Å²) in [6, 6.07) is 9.27. The zero-order chi connectivity index (χ0) is 21.5. The zero-order valence-corrected chi connectivity index (χ0v) is 17.6. The minimum Gasteiger partial charge on any atom is -0.280 e. The van der Waals surface area contributed by atoms with Gasteiger partial charge in [-0.3, -0.25) is 9.52 Å². The Morgan fingerprint density at radius 1 is 1.00 bits per heavy atom. The quantitative estimate of drug-likeness (QED) is 0.661. The van der Waals surface area contributed by atoms with Crippen molar-refractivity contribution in [3.8, 4) is 11.3 Å². The molecule has 1 aliphatic carbocycles. The van der Waals surface area contributed by atoms with Gasteiger partial charge in [-0.2, -0.15) is 5.10 Å². The number of aromatic nitrogens is 2. The summed E-state index contributed by atoms with van der Waals surface area (Å²) in [6.45, 7) is 3.31. The van der Waals surface area contributed by atoms with Crippen LogP contribution in [-0.4, -0.2) is 18.6 Å². The summed E-state index contributed by atoms with van der Waals surface area (Å²) in [7, 11) is -3.95. The molecule has 0 saturated carbocycles. The number of hydrogen-bond acceptors (Lipinski definition) is 4. The minimum absolute atomic E-state index is 0.0820. The van der Waals surface area contributed by atoms with Crippen molar-refractivity contribution < 1.29 is 12.8 Å². The molecule has 0 radical (unpaired) electrons. The maximum absolute atomic E-state index is 13.8. The van der Waals surface area contributed by atoms with Gasteiger partial charge in [0.2, 0.25) is 0 Å². The molecule has 0 aliphatic heterocycles. The summed E-state index contributed by atoms with van der Waals surface area (Å²) in [5, 5.41) is 6.76. The number of hydrogen-bond donors (Lipinski definition) is 2. The number of anilines is 1. The Morgan fingerprint density at radius 3 is 2.43 bits per heavy atom. The van der Waals surface area contributed by atoms with Gasteiger partial charge in [0.1, 0.15) is 5.82 Å². The number of halogens is 1. The molecule has 156 valence electrons. The first-order valence-corrected chi connectivity index (χ1v) is 11.2. The molecule has 1 aromatic heterocycles. The van der Waals surface area contributed by atoms with E-state index in [0.717, 1.165) is 36.5 Å². The Morgan fingerprint density at radius 2 is 1.70 bits per heavy atom. The number of rotatable bonds is 4. The van der Waals surface area contributed by atoms with Crippen molar-refractivity contribution in [3.63, 3.8) is 0 Å². The average Bonchev–Trinajstić information content (AvgIpc) is 2.71. The normalized spacial score (nSPS) is 13.7. The summed E-state index contributed by atoms with van der Waals surface area (Å²) < 4.78 is 42.4. The number of sulfonamides is 1. The Bertz CT molecular complexity index is 1300. The van der Waals surface area contributed by atoms with Crippen LogP contribution in [0, 0.1) is 19.7 Å². The molecule has 0 bridgehead atoms. The summed E-state index contributed by atoms with van der Waals surface area (Å²) in [6.07, 6.45) is 3.34. The monoisotopic (exact) mass is 427 g/mol. The van der Waals surface area contributed by atoms with Crippen LogP contribution in [-0.2, 0) is 22.9 Å². The van der Waals surface area contributed by atoms with Crippen LogP contribution >= 0.6 is 0 Å². The van der Waals surface area contributed by atoms with Crippen LogP contribution in [0.3, 0.4) is 0 Å². The Labute approximate surface area is 174 Å². The number of benzene rings is 2. The van der Waals surface area contributed by atoms with E-state index in [1.165, 1.54) is 12.1 Å². The molecule has 4 rings (SSSR count). The molecular weight excluding hydrogens is 405 g/mol. The van der Waals surface area contributed by atoms with Crippen molar-refractivity contribution in [2.45, 2.75) is 44.4 Å². The maximum atomic E-state index is 13.8. The Balaban J connectivity index is 1.77. The lowest BCUT2D eigenvalue weighted by molar-refractivity contribution is 0.600. The molecule has 0 amide bonds. The van der Waals surface area contributed by atoms with Gasteiger partial charge >= 0.3 is 0 Å². The van der Waals surface area contributed by atoms with Gasteiger partial charge < -0.3 is 0 Å². The second kappa shape index (κ2) is 7.68. The zero-order valence-electron chi connectivity index (χ0n) is 16.8. The van der Waals surface area contributed by atoms with Crippen LogP contribution in [0.25, 0.3) is 11.3 Å². The van der Waals surface area contributed by atoms with Crippen molar-refractivity contribution in [2.24, 2.45) is 0 Å². The fourth-order valence-electron chi connectivity index (χ4n) is 3.80. The molecule has 0 spiro atoms. The topological polar surface area (TPSA) is 91.9 Å². The minimum atomic E-state index is -3.95. The summed E-state index contributed by atoms with van der Waals surface area (Å²) >= 11 is 0. The average molecular weight is 428 g/mol. The fourth-order valence-corrected chi connectivity index (χ4v) is 5.12. The summed E-state index contributed by atoms with van der Waals surface area (Å²) in [5.41, 5.74) is 3.78. The third-order valence-corrected chi connectivity index (χ3v) is 7.00. The predicted molar refractivity (Wildman–Crippen MR) is 114 cm³/mol. The molecule has 1 heterocycles. The van der Waals surface area contributed by atoms with Crippen LogP contribution in [0.5, 0.6) is 0 Å². The molecule has 30 heavy (non-hydrogen) atoms. The molecule has 2 N–H and O–H groups in total. The molecule has 0 unspecified atom stereocenters. The summed E-state index contributed by atoms with van der Waals surface area (Å²) in [4.78, 5) is 12.2. The summed E-state index contributed by atoms with van der Waals surface area (Å²) in [5.74, 6) is -0.482. The molecule has 8 heteroatoms. The van der Waals surface area contributed by atoms with Crippen molar-refractivity contribution in [2.75, 3.05) is 4.72 Å². The Hall–Kier alpha value is -3.00. The van der Waals surface area contributed by atoms with Crippen molar-refractivity contribution in [3.05, 3.63) is 74.8 Å². The number of H-pyrrole nitrogens is 1. The van der Waals surface area contributed by atoms with Crippen molar-refractivity contribution in [1.82, 2.24) is 10.2 Å². The lowest BCUT2D eigenvalue weighted by atomic mass is 9.90. The van der Waals surface area contributed by atoms with E-state index in [9.17, 15) is 17.6 Å². The molecular formula is C22H22FN3O3S. The van der Waals surface area contributed by atoms with E-state index in [1.54, 1.807) is 32.0 Å². The van der Waals surface area contributed by atoms with E-state index in [2.05, 4.69) is 14.9 Å². The van der Waals surface area contributed by atoms with E-state index in [1.807, 2.05) is 0 Å². The SMILES string of the molecule is Cc1ccc(NS(=O)(=O)c2cc(-c3n[nH]c(=O)c4c3CCCC4)ccc2C)cc1F. The number of nitrogens with zero attached hydrogens (tertiary/aromatic N) is 1. The number of fused-ring (bicyclic) bond motifs is 1. The first-order chi connectivity index (χ1) is 14.3. The van der Waals surface area contributed by atoms with Crippen LogP contribution in [0.15, 0.2) is 46.1 Å². The standard InChI is InChI=1S/C22H22FN3O3S/c1-13-8-10-16(12-19(13)23)26-30(28,29)20-11-15(9-7-14(20)2)21-17-5-3-4-6-18(17)22(27)25-24-21/h7-12,26H,3-6H2,1-2H3,(H,25,27). The second-order valence-corrected chi connectivity index (χ2v) is 9.27. The van der Waals surface area contributed by atoms with Gasteiger partial charge in [0, 0.05) is 11.1 Å². The molecule has 3 aromatic rings. The second-order valence-electron chi connectivity index (χ2n) is 7.62. The lowest BCUT2D eigenvalue weighted by Crippen LogP contribution is -2.21. The molecule has 1 aliphatic rings. The first kappa shape index (κ1) is 20.3. The number of aryl methyl sites for hydroxylation is 2. The molecule has 2 aromatic carbocycles. The van der Waals surface area contributed by atoms with Gasteiger partial charge in [0.25, 0.3) is 15.6 Å². The van der Waals surface area contributed by atoms with Gasteiger partial charge in [-0.1, -0.05) is 18.2 Å². The van der Waals surface area contributed by atoms with Crippen LogP contribution < -0.4 is 10.3 Å². The van der Waals surface area contributed by atoms with Gasteiger partial charge in [0.15, 0.2) is 0 Å². The van der Waals surface area contributed by atoms with Gasteiger partial charge in [-0.15, -0.1) is 0 Å². The lowest BCUT2D eigenvalue weighted by Gasteiger charge is -2.18. The van der Waals surface area contributed by atoms with Gasteiger partial charge in [-0.05, 0) is 74.4 Å². The van der Waals surface area contributed by atoms with E-state index >= 15 is 0 Å². The van der Waals surface area contributed by atoms with Crippen LogP contribution in [0.4, 0.5) is 10.1 Å². The first-order valence-electron chi connectivity index (χ1n) is 9.77. The van der Waals surface area contributed by atoms with Crippen LogP contribution in [0.2, 0.25) is 0 Å². The molecule has 0 fully saturated rings. The number of aromatic amines is 1. The predicted octanol–water partition coefficient (Wildman–Crippen LogP) is 3.87. The fraction of sp³-hybridized carbons (Fsp3) is 0.273. The Kier molecular flexibility index (Phi) is 5.19. The van der Waals surface area contributed by atoms with Crippen molar-refractivity contribution >= 4 is 15.7 Å². The highest BCUT2D eigenvalue weighted by molar-refractivity contribution is 7.92. The van der Waals surface area contributed by atoms with Crippen LogP contribution in [0.1, 0.15) is 35.1 Å². The molecule has 0 atom stereocenters.